The van der Waals surface area contributed by atoms with Crippen molar-refractivity contribution in [2.75, 3.05) is 38.4 Å². The molecule has 2 aromatic rings. The molecule has 8 nitrogen and oxygen atoms in total. The third-order valence-electron chi connectivity index (χ3n) is 5.75. The van der Waals surface area contributed by atoms with Gasteiger partial charge >= 0.3 is 12.1 Å². The average Bonchev–Trinajstić information content (AvgIpc) is 2.81. The molecule has 1 fully saturated rings. The number of amides is 1. The van der Waals surface area contributed by atoms with E-state index in [0.717, 1.165) is 31.4 Å². The van der Waals surface area contributed by atoms with Gasteiger partial charge in [0.15, 0.2) is 13.0 Å². The number of carbonyl (C=O) groups excluding carboxylic acids is 1. The number of benzene rings is 1. The summed E-state index contributed by atoms with van der Waals surface area (Å²) in [5, 5.41) is 13.4. The summed E-state index contributed by atoms with van der Waals surface area (Å²) in [5.41, 5.74) is -0.799. The Hall–Kier alpha value is -2.73. The number of pyridine rings is 1. The van der Waals surface area contributed by atoms with Crippen molar-refractivity contribution in [2.24, 2.45) is 0 Å². The number of fused-ring (bicyclic) bond motifs is 1. The lowest BCUT2D eigenvalue weighted by Crippen LogP contribution is -2.57. The number of nitrogens with zero attached hydrogens (tertiary/aromatic N) is 3. The van der Waals surface area contributed by atoms with Crippen molar-refractivity contribution in [2.45, 2.75) is 38.1 Å². The predicted molar refractivity (Wildman–Crippen MR) is 116 cm³/mol. The second-order valence-electron chi connectivity index (χ2n) is 8.45. The first-order chi connectivity index (χ1) is 16.2. The number of hydroxylamine groups is 3. The summed E-state index contributed by atoms with van der Waals surface area (Å²) in [6.45, 7) is 0.860. The van der Waals surface area contributed by atoms with Crippen molar-refractivity contribution in [3.8, 4) is 11.5 Å². The minimum atomic E-state index is -4.52. The van der Waals surface area contributed by atoms with E-state index in [1.807, 2.05) is 0 Å². The molecule has 34 heavy (non-hydrogen) atoms. The first kappa shape index (κ1) is 24.4. The molecule has 1 aromatic carbocycles. The molecule has 0 aliphatic carbocycles. The zero-order valence-electron chi connectivity index (χ0n) is 18.7. The fraction of sp³-hybridized carbons (Fsp3) is 0.478. The van der Waals surface area contributed by atoms with Crippen LogP contribution >= 0.6 is 0 Å². The lowest BCUT2D eigenvalue weighted by Gasteiger charge is -2.45. The highest BCUT2D eigenvalue weighted by Gasteiger charge is 2.39. The number of rotatable bonds is 7. The molecule has 2 aliphatic rings. The number of carbonyl (C=O) groups is 1. The number of halogens is 3. The molecule has 3 heterocycles. The third kappa shape index (κ3) is 5.49. The van der Waals surface area contributed by atoms with Gasteiger partial charge in [-0.25, -0.2) is 9.78 Å². The first-order valence-corrected chi connectivity index (χ1v) is 11.1. The van der Waals surface area contributed by atoms with E-state index in [1.54, 1.807) is 11.9 Å². The van der Waals surface area contributed by atoms with Crippen LogP contribution in [0.2, 0.25) is 0 Å². The molecule has 4 rings (SSSR count). The fourth-order valence-electron chi connectivity index (χ4n) is 4.07. The van der Waals surface area contributed by atoms with Gasteiger partial charge in [-0.2, -0.15) is 13.2 Å². The van der Waals surface area contributed by atoms with Gasteiger partial charge in [-0.15, -0.1) is 0 Å². The van der Waals surface area contributed by atoms with Gasteiger partial charge in [0.05, 0.1) is 24.9 Å². The van der Waals surface area contributed by atoms with Crippen molar-refractivity contribution in [3.63, 3.8) is 0 Å². The highest BCUT2D eigenvalue weighted by molar-refractivity contribution is 5.96. The van der Waals surface area contributed by atoms with Gasteiger partial charge in [0, 0.05) is 26.1 Å². The van der Waals surface area contributed by atoms with Crippen LogP contribution in [0.3, 0.4) is 0 Å². The van der Waals surface area contributed by atoms with Crippen LogP contribution in [0.15, 0.2) is 36.5 Å². The van der Waals surface area contributed by atoms with E-state index in [4.69, 9.17) is 14.2 Å². The maximum atomic E-state index is 13.4. The second-order valence-corrected chi connectivity index (χ2v) is 8.45. The molecule has 0 N–H and O–H groups in total. The Morgan fingerprint density at radius 3 is 2.82 bits per heavy atom. The largest absolute Gasteiger partial charge is 0.624 e. The lowest BCUT2D eigenvalue weighted by atomic mass is 10.1. The molecule has 2 atom stereocenters. The smallest absolute Gasteiger partial charge is 0.416 e. The SMILES string of the molecule is CN1C[N+]([O-])(CCCOC2CCCCO2)C(=O)c2cc(Oc3cccc(C(F)(F)F)c3)cnc21. The van der Waals surface area contributed by atoms with Crippen molar-refractivity contribution >= 4 is 11.7 Å². The quantitative estimate of drug-likeness (QED) is 0.322. The van der Waals surface area contributed by atoms with Gasteiger partial charge in [0.2, 0.25) is 0 Å². The van der Waals surface area contributed by atoms with Crippen LogP contribution in [0.4, 0.5) is 19.0 Å². The van der Waals surface area contributed by atoms with Crippen LogP contribution in [0.1, 0.15) is 41.6 Å². The Bertz CT molecular complexity index is 1030. The van der Waals surface area contributed by atoms with E-state index in [9.17, 15) is 23.2 Å². The number of anilines is 1. The summed E-state index contributed by atoms with van der Waals surface area (Å²) in [6.07, 6.45) is -0.254. The van der Waals surface area contributed by atoms with Crippen molar-refractivity contribution in [1.29, 1.82) is 0 Å². The van der Waals surface area contributed by atoms with Crippen molar-refractivity contribution in [1.82, 2.24) is 4.98 Å². The Morgan fingerprint density at radius 1 is 1.26 bits per heavy atom. The monoisotopic (exact) mass is 481 g/mol. The van der Waals surface area contributed by atoms with Crippen molar-refractivity contribution < 1.29 is 36.8 Å². The molecular weight excluding hydrogens is 455 g/mol. The summed E-state index contributed by atoms with van der Waals surface area (Å²) in [5.74, 6) is -0.356. The Morgan fingerprint density at radius 2 is 2.09 bits per heavy atom. The molecule has 11 heteroatoms. The molecule has 0 spiro atoms. The van der Waals surface area contributed by atoms with Gasteiger partial charge in [-0.3, -0.25) is 4.65 Å². The van der Waals surface area contributed by atoms with E-state index in [1.165, 1.54) is 24.4 Å². The van der Waals surface area contributed by atoms with Gasteiger partial charge in [-0.05, 0) is 37.5 Å². The highest BCUT2D eigenvalue weighted by atomic mass is 19.4. The fourth-order valence-corrected chi connectivity index (χ4v) is 4.07. The Labute approximate surface area is 195 Å². The topological polar surface area (TPSA) is 84.0 Å². The van der Waals surface area contributed by atoms with E-state index in [2.05, 4.69) is 4.98 Å². The standard InChI is InChI=1S/C23H26F3N3O5/c1-28-15-29(31,9-5-11-33-20-8-2-3-10-32-20)22(30)19-13-18(14-27-21(19)28)34-17-7-4-6-16(12-17)23(24,25)26/h4,6-7,12-14,20H,2-3,5,8-11,15H2,1H3. The van der Waals surface area contributed by atoms with E-state index in [0.29, 0.717) is 25.5 Å². The van der Waals surface area contributed by atoms with Gasteiger partial charge < -0.3 is 24.3 Å². The van der Waals surface area contributed by atoms with Crippen molar-refractivity contribution in [3.05, 3.63) is 52.9 Å². The molecule has 1 saturated heterocycles. The average molecular weight is 481 g/mol. The van der Waals surface area contributed by atoms with Gasteiger partial charge in [0.1, 0.15) is 22.9 Å². The van der Waals surface area contributed by atoms with E-state index >= 15 is 0 Å². The van der Waals surface area contributed by atoms with Crippen LogP contribution in [-0.2, 0) is 15.7 Å². The third-order valence-corrected chi connectivity index (χ3v) is 5.75. The summed E-state index contributed by atoms with van der Waals surface area (Å²) in [4.78, 5) is 18.9. The minimum Gasteiger partial charge on any atom is -0.624 e. The molecule has 2 aliphatic heterocycles. The molecule has 2 unspecified atom stereocenters. The maximum absolute atomic E-state index is 13.4. The summed E-state index contributed by atoms with van der Waals surface area (Å²) in [7, 11) is 1.66. The summed E-state index contributed by atoms with van der Waals surface area (Å²) < 4.78 is 54.5. The number of hydrogen-bond donors (Lipinski definition) is 0. The zero-order chi connectivity index (χ0) is 24.3. The molecule has 0 radical (unpaired) electrons. The molecular formula is C23H26F3N3O5. The molecule has 1 aromatic heterocycles. The zero-order valence-corrected chi connectivity index (χ0v) is 18.7. The van der Waals surface area contributed by atoms with Gasteiger partial charge in [0.25, 0.3) is 0 Å². The number of alkyl halides is 3. The molecule has 0 bridgehead atoms. The van der Waals surface area contributed by atoms with Crippen LogP contribution in [0.5, 0.6) is 11.5 Å². The number of ether oxygens (including phenoxy) is 3. The van der Waals surface area contributed by atoms with E-state index in [-0.39, 0.29) is 36.6 Å². The van der Waals surface area contributed by atoms with Crippen LogP contribution in [-0.4, -0.2) is 55.3 Å². The Kier molecular flexibility index (Phi) is 7.08. The molecule has 1 amide bonds. The summed E-state index contributed by atoms with van der Waals surface area (Å²) in [6, 6.07) is 5.73. The van der Waals surface area contributed by atoms with E-state index < -0.39 is 22.3 Å². The lowest BCUT2D eigenvalue weighted by molar-refractivity contribution is -0.799. The normalized spacial score (nSPS) is 23.0. The number of hydrogen-bond acceptors (Lipinski definition) is 7. The maximum Gasteiger partial charge on any atom is 0.416 e. The first-order valence-electron chi connectivity index (χ1n) is 11.1. The number of aromatic nitrogens is 1. The van der Waals surface area contributed by atoms with Crippen LogP contribution in [0.25, 0.3) is 0 Å². The second kappa shape index (κ2) is 9.87. The van der Waals surface area contributed by atoms with Crippen LogP contribution < -0.4 is 9.64 Å². The minimum absolute atomic E-state index is 0.00798. The molecule has 0 saturated carbocycles. The summed E-state index contributed by atoms with van der Waals surface area (Å²) >= 11 is 0. The molecule has 184 valence electrons. The number of quaternary nitrogens is 1. The van der Waals surface area contributed by atoms with Gasteiger partial charge in [-0.1, -0.05) is 6.07 Å². The highest BCUT2D eigenvalue weighted by Crippen LogP contribution is 2.35. The Balaban J connectivity index is 1.45. The predicted octanol–water partition coefficient (Wildman–Crippen LogP) is 4.69. The van der Waals surface area contributed by atoms with Crippen LogP contribution in [0, 0.1) is 5.21 Å².